The van der Waals surface area contributed by atoms with E-state index >= 15 is 0 Å². The number of hydrogen-bond donors (Lipinski definition) is 2. The predicted octanol–water partition coefficient (Wildman–Crippen LogP) is 3.40. The van der Waals surface area contributed by atoms with Crippen molar-refractivity contribution in [1.82, 2.24) is 10.2 Å². The Morgan fingerprint density at radius 2 is 1.88 bits per heavy atom. The van der Waals surface area contributed by atoms with Crippen LogP contribution in [0.1, 0.15) is 36.9 Å². The number of halogens is 5. The first kappa shape index (κ1) is 25.0. The molecular weight excluding hydrogens is 390 g/mol. The molecule has 1 aliphatic rings. The summed E-state index contributed by atoms with van der Waals surface area (Å²) in [6.07, 6.45) is -2.43. The van der Waals surface area contributed by atoms with Crippen LogP contribution in [-0.2, 0) is 11.0 Å². The minimum absolute atomic E-state index is 0. The van der Waals surface area contributed by atoms with Gasteiger partial charge in [-0.15, -0.1) is 24.8 Å². The van der Waals surface area contributed by atoms with E-state index in [1.807, 2.05) is 7.05 Å². The number of nitrogens with zero attached hydrogens (tertiary/aromatic N) is 1. The second-order valence-corrected chi connectivity index (χ2v) is 6.48. The zero-order chi connectivity index (χ0) is 17.9. The molecule has 1 saturated heterocycles. The van der Waals surface area contributed by atoms with Gasteiger partial charge in [-0.25, -0.2) is 0 Å². The molecule has 3 atom stereocenters. The molecule has 0 spiro atoms. The lowest BCUT2D eigenvalue weighted by Gasteiger charge is -2.40. The van der Waals surface area contributed by atoms with Crippen molar-refractivity contribution < 1.29 is 18.0 Å². The Bertz CT molecular complexity index is 567. The molecule has 1 heterocycles. The van der Waals surface area contributed by atoms with E-state index in [1.54, 1.807) is 6.92 Å². The van der Waals surface area contributed by atoms with E-state index in [1.165, 1.54) is 12.1 Å². The second-order valence-electron chi connectivity index (χ2n) is 6.48. The summed E-state index contributed by atoms with van der Waals surface area (Å²) in [5, 5.41) is 2.84. The lowest BCUT2D eigenvalue weighted by atomic mass is 9.84. The first-order valence-electron chi connectivity index (χ1n) is 8.11. The standard InChI is InChI=1S/C17H24F3N3O.2ClH/c1-11(21)16(24)22-10-13-4-3-9-23(2)15(13)12-5-7-14(8-6-12)17(18,19)20;;/h5-8,11,13,15H,3-4,9-10,21H2,1-2H3,(H,22,24);2*1H/t11-,13?,15?;;/m1../s1. The number of likely N-dealkylation sites (tertiary alicyclic amines) is 1. The maximum Gasteiger partial charge on any atom is 0.416 e. The van der Waals surface area contributed by atoms with Crippen LogP contribution in [0, 0.1) is 5.92 Å². The van der Waals surface area contributed by atoms with Gasteiger partial charge in [0.2, 0.25) is 5.91 Å². The molecule has 2 unspecified atom stereocenters. The molecule has 0 bridgehead atoms. The van der Waals surface area contributed by atoms with E-state index in [9.17, 15) is 18.0 Å². The highest BCUT2D eigenvalue weighted by Gasteiger charge is 2.33. The maximum atomic E-state index is 12.7. The molecule has 0 aliphatic carbocycles. The van der Waals surface area contributed by atoms with Crippen LogP contribution in [0.2, 0.25) is 0 Å². The van der Waals surface area contributed by atoms with Gasteiger partial charge in [-0.05, 0) is 57.0 Å². The number of alkyl halides is 3. The first-order chi connectivity index (χ1) is 11.2. The van der Waals surface area contributed by atoms with E-state index in [4.69, 9.17) is 5.73 Å². The molecule has 1 aliphatic heterocycles. The Morgan fingerprint density at radius 1 is 1.31 bits per heavy atom. The summed E-state index contributed by atoms with van der Waals surface area (Å²) in [7, 11) is 1.96. The molecule has 4 nitrogen and oxygen atoms in total. The largest absolute Gasteiger partial charge is 0.416 e. The molecule has 150 valence electrons. The first-order valence-corrected chi connectivity index (χ1v) is 8.11. The molecule has 9 heteroatoms. The third-order valence-electron chi connectivity index (χ3n) is 4.54. The van der Waals surface area contributed by atoms with Crippen molar-refractivity contribution in [2.75, 3.05) is 20.1 Å². The third kappa shape index (κ3) is 6.30. The monoisotopic (exact) mass is 415 g/mol. The molecule has 1 fully saturated rings. The van der Waals surface area contributed by atoms with Crippen LogP contribution in [0.5, 0.6) is 0 Å². The van der Waals surface area contributed by atoms with Crippen molar-refractivity contribution in [2.45, 2.75) is 38.0 Å². The smallest absolute Gasteiger partial charge is 0.354 e. The Balaban J connectivity index is 0.00000312. The minimum Gasteiger partial charge on any atom is -0.354 e. The molecule has 0 radical (unpaired) electrons. The number of nitrogens with two attached hydrogens (primary N) is 1. The van der Waals surface area contributed by atoms with Crippen molar-refractivity contribution in [3.63, 3.8) is 0 Å². The highest BCUT2D eigenvalue weighted by molar-refractivity contribution is 5.85. The summed E-state index contributed by atoms with van der Waals surface area (Å²) in [5.74, 6) is -0.0717. The summed E-state index contributed by atoms with van der Waals surface area (Å²) < 4.78 is 38.2. The molecule has 0 saturated carbocycles. The number of benzene rings is 1. The lowest BCUT2D eigenvalue weighted by molar-refractivity contribution is -0.137. The fraction of sp³-hybridized carbons (Fsp3) is 0.588. The van der Waals surface area contributed by atoms with Gasteiger partial charge in [0.05, 0.1) is 11.6 Å². The number of carbonyl (C=O) groups excluding carboxylic acids is 1. The summed E-state index contributed by atoms with van der Waals surface area (Å²) in [6, 6.07) is 4.72. The molecule has 3 N–H and O–H groups in total. The van der Waals surface area contributed by atoms with Gasteiger partial charge in [0.1, 0.15) is 0 Å². The van der Waals surface area contributed by atoms with Gasteiger partial charge in [-0.2, -0.15) is 13.2 Å². The van der Waals surface area contributed by atoms with Crippen LogP contribution in [-0.4, -0.2) is 37.0 Å². The zero-order valence-electron chi connectivity index (χ0n) is 14.8. The number of hydrogen-bond acceptors (Lipinski definition) is 3. The highest BCUT2D eigenvalue weighted by Crippen LogP contribution is 2.36. The van der Waals surface area contributed by atoms with Gasteiger partial charge >= 0.3 is 6.18 Å². The number of amides is 1. The molecule has 1 aromatic rings. The van der Waals surface area contributed by atoms with Crippen LogP contribution < -0.4 is 11.1 Å². The van der Waals surface area contributed by atoms with Gasteiger partial charge < -0.3 is 11.1 Å². The molecule has 26 heavy (non-hydrogen) atoms. The molecule has 0 aromatic heterocycles. The fourth-order valence-corrected chi connectivity index (χ4v) is 3.26. The van der Waals surface area contributed by atoms with Crippen molar-refractivity contribution >= 4 is 30.7 Å². The molecular formula is C17H26Cl2F3N3O. The van der Waals surface area contributed by atoms with Crippen molar-refractivity contribution in [2.24, 2.45) is 11.7 Å². The minimum atomic E-state index is -4.33. The summed E-state index contributed by atoms with van der Waals surface area (Å²) in [5.41, 5.74) is 5.74. The number of carbonyl (C=O) groups is 1. The fourth-order valence-electron chi connectivity index (χ4n) is 3.26. The van der Waals surface area contributed by atoms with Crippen LogP contribution in [0.15, 0.2) is 24.3 Å². The number of rotatable bonds is 4. The van der Waals surface area contributed by atoms with E-state index in [2.05, 4.69) is 10.2 Å². The normalized spacial score (nSPS) is 21.9. The van der Waals surface area contributed by atoms with E-state index in [0.29, 0.717) is 6.54 Å². The summed E-state index contributed by atoms with van der Waals surface area (Å²) >= 11 is 0. The van der Waals surface area contributed by atoms with Gasteiger partial charge in [-0.1, -0.05) is 12.1 Å². The Hall–Kier alpha value is -1.02. The quantitative estimate of drug-likeness (QED) is 0.791. The van der Waals surface area contributed by atoms with Crippen molar-refractivity contribution in [3.05, 3.63) is 35.4 Å². The Labute approximate surface area is 164 Å². The number of nitrogens with one attached hydrogen (secondary N) is 1. The SMILES string of the molecule is C[C@@H](N)C(=O)NCC1CCCN(C)C1c1ccc(C(F)(F)F)cc1.Cl.Cl. The topological polar surface area (TPSA) is 58.4 Å². The van der Waals surface area contributed by atoms with Gasteiger partial charge in [0.25, 0.3) is 0 Å². The van der Waals surface area contributed by atoms with Crippen LogP contribution >= 0.6 is 24.8 Å². The van der Waals surface area contributed by atoms with E-state index in [-0.39, 0.29) is 42.7 Å². The Morgan fingerprint density at radius 3 is 2.38 bits per heavy atom. The van der Waals surface area contributed by atoms with Gasteiger partial charge in [0, 0.05) is 12.6 Å². The average molecular weight is 416 g/mol. The van der Waals surface area contributed by atoms with E-state index in [0.717, 1.165) is 37.1 Å². The van der Waals surface area contributed by atoms with Crippen LogP contribution in [0.4, 0.5) is 13.2 Å². The van der Waals surface area contributed by atoms with Crippen molar-refractivity contribution in [3.8, 4) is 0 Å². The average Bonchev–Trinajstić information content (AvgIpc) is 2.51. The maximum absolute atomic E-state index is 12.7. The number of piperidine rings is 1. The molecule has 1 amide bonds. The molecule has 1 aromatic carbocycles. The predicted molar refractivity (Wildman–Crippen MR) is 101 cm³/mol. The Kier molecular flexibility index (Phi) is 9.94. The van der Waals surface area contributed by atoms with Crippen LogP contribution in [0.3, 0.4) is 0 Å². The lowest BCUT2D eigenvalue weighted by Crippen LogP contribution is -2.45. The van der Waals surface area contributed by atoms with E-state index < -0.39 is 17.8 Å². The second kappa shape index (κ2) is 10.3. The summed E-state index contributed by atoms with van der Waals surface area (Å²) in [6.45, 7) is 2.97. The summed E-state index contributed by atoms with van der Waals surface area (Å²) in [4.78, 5) is 13.8. The van der Waals surface area contributed by atoms with Crippen molar-refractivity contribution in [1.29, 1.82) is 0 Å². The zero-order valence-corrected chi connectivity index (χ0v) is 16.4. The van der Waals surface area contributed by atoms with Gasteiger partial charge in [0.15, 0.2) is 0 Å². The highest BCUT2D eigenvalue weighted by atomic mass is 35.5. The van der Waals surface area contributed by atoms with Gasteiger partial charge in [-0.3, -0.25) is 9.69 Å². The van der Waals surface area contributed by atoms with Crippen LogP contribution in [0.25, 0.3) is 0 Å². The third-order valence-corrected chi connectivity index (χ3v) is 4.54. The molecule has 2 rings (SSSR count).